The van der Waals surface area contributed by atoms with Gasteiger partial charge in [-0.2, -0.15) is 0 Å². The largest absolute Gasteiger partial charge is 0.466 e. The highest BCUT2D eigenvalue weighted by Gasteiger charge is 2.53. The van der Waals surface area contributed by atoms with E-state index in [0.717, 1.165) is 4.47 Å². The summed E-state index contributed by atoms with van der Waals surface area (Å²) in [6, 6.07) is 7.27. The molecule has 0 saturated heterocycles. The van der Waals surface area contributed by atoms with Gasteiger partial charge in [0.05, 0.1) is 25.1 Å². The summed E-state index contributed by atoms with van der Waals surface area (Å²) >= 11 is 6.84. The molecule has 1 aromatic rings. The van der Waals surface area contributed by atoms with Gasteiger partial charge in [-0.1, -0.05) is 44.0 Å². The van der Waals surface area contributed by atoms with E-state index >= 15 is 0 Å². The van der Waals surface area contributed by atoms with Crippen molar-refractivity contribution in [3.05, 3.63) is 45.4 Å². The number of carbonyl (C=O) groups excluding carboxylic acids is 2. The second-order valence-corrected chi connectivity index (χ2v) is 8.37. The van der Waals surface area contributed by atoms with Crippen LogP contribution in [0.25, 0.3) is 0 Å². The minimum absolute atomic E-state index is 0.0263. The molecular formula is C19H21Br2NO5. The van der Waals surface area contributed by atoms with Crippen LogP contribution in [-0.4, -0.2) is 42.9 Å². The Balaban J connectivity index is 2.85. The fraction of sp³-hybridized carbons (Fsp3) is 0.421. The molecule has 2 rings (SSSR count). The van der Waals surface area contributed by atoms with Crippen LogP contribution in [0.15, 0.2) is 44.9 Å². The minimum atomic E-state index is -1.28. The number of methoxy groups -OCH3 is 2. The molecule has 8 heteroatoms. The lowest BCUT2D eigenvalue weighted by molar-refractivity contribution is -0.139. The van der Waals surface area contributed by atoms with Gasteiger partial charge in [-0.05, 0) is 32.9 Å². The number of alkyl halides is 1. The van der Waals surface area contributed by atoms with Crippen LogP contribution in [-0.2, 0) is 29.4 Å². The third-order valence-electron chi connectivity index (χ3n) is 3.85. The van der Waals surface area contributed by atoms with Crippen molar-refractivity contribution in [2.75, 3.05) is 19.5 Å². The number of aliphatic imine (C=N–C) groups is 1. The van der Waals surface area contributed by atoms with Gasteiger partial charge >= 0.3 is 11.9 Å². The van der Waals surface area contributed by atoms with Crippen LogP contribution in [0.1, 0.15) is 26.3 Å². The first-order valence-corrected chi connectivity index (χ1v) is 10.0. The van der Waals surface area contributed by atoms with E-state index in [-0.39, 0.29) is 22.4 Å². The highest BCUT2D eigenvalue weighted by Crippen LogP contribution is 2.45. The maximum atomic E-state index is 12.7. The number of halogens is 2. The van der Waals surface area contributed by atoms with Gasteiger partial charge in [0.2, 0.25) is 5.90 Å². The summed E-state index contributed by atoms with van der Waals surface area (Å²) in [6.45, 7) is 5.59. The van der Waals surface area contributed by atoms with Gasteiger partial charge in [0.15, 0.2) is 5.60 Å². The summed E-state index contributed by atoms with van der Waals surface area (Å²) in [4.78, 5) is 29.8. The highest BCUT2D eigenvalue weighted by molar-refractivity contribution is 9.10. The van der Waals surface area contributed by atoms with E-state index in [9.17, 15) is 9.59 Å². The lowest BCUT2D eigenvalue weighted by Crippen LogP contribution is -2.35. The van der Waals surface area contributed by atoms with Crippen molar-refractivity contribution in [2.24, 2.45) is 4.99 Å². The SMILES string of the molecule is COC(=O)C1=C(C(=O)OC)C(CBr)(c2ccc(Br)cc2)OC1=NC(C)(C)C. The molecular weight excluding hydrogens is 482 g/mol. The van der Waals surface area contributed by atoms with Crippen molar-refractivity contribution in [1.82, 2.24) is 0 Å². The minimum Gasteiger partial charge on any atom is -0.466 e. The molecule has 1 unspecified atom stereocenters. The van der Waals surface area contributed by atoms with Crippen LogP contribution >= 0.6 is 31.9 Å². The van der Waals surface area contributed by atoms with Gasteiger partial charge in [0, 0.05) is 10.0 Å². The Labute approximate surface area is 175 Å². The number of rotatable bonds is 4. The first-order chi connectivity index (χ1) is 12.6. The summed E-state index contributed by atoms with van der Waals surface area (Å²) < 4.78 is 16.9. The summed E-state index contributed by atoms with van der Waals surface area (Å²) in [5.41, 5.74) is -1.12. The quantitative estimate of drug-likeness (QED) is 0.461. The van der Waals surface area contributed by atoms with E-state index in [1.54, 1.807) is 0 Å². The van der Waals surface area contributed by atoms with E-state index in [0.29, 0.717) is 5.56 Å². The molecule has 146 valence electrons. The number of esters is 2. The summed E-state index contributed by atoms with van der Waals surface area (Å²) in [6.07, 6.45) is 0. The Morgan fingerprint density at radius 1 is 1.11 bits per heavy atom. The zero-order valence-corrected chi connectivity index (χ0v) is 18.9. The molecule has 0 bridgehead atoms. The van der Waals surface area contributed by atoms with Crippen LogP contribution in [0.4, 0.5) is 0 Å². The van der Waals surface area contributed by atoms with Gasteiger partial charge in [-0.25, -0.2) is 14.6 Å². The molecule has 1 atom stereocenters. The van der Waals surface area contributed by atoms with Gasteiger partial charge < -0.3 is 14.2 Å². The standard InChI is InChI=1S/C19H21Br2NO5/c1-18(2,3)22-15-13(16(23)25-4)14(17(24)26-5)19(10-20,27-15)11-6-8-12(21)9-7-11/h6-9H,10H2,1-5H3. The lowest BCUT2D eigenvalue weighted by atomic mass is 9.86. The molecule has 6 nitrogen and oxygen atoms in total. The first-order valence-electron chi connectivity index (χ1n) is 8.12. The second kappa shape index (κ2) is 8.14. The van der Waals surface area contributed by atoms with Crippen molar-refractivity contribution in [1.29, 1.82) is 0 Å². The zero-order chi connectivity index (χ0) is 20.4. The predicted molar refractivity (Wildman–Crippen MR) is 109 cm³/mol. The van der Waals surface area contributed by atoms with Crippen molar-refractivity contribution in [3.8, 4) is 0 Å². The van der Waals surface area contributed by atoms with Crippen LogP contribution in [0, 0.1) is 0 Å². The average Bonchev–Trinajstić information content (AvgIpc) is 2.94. The van der Waals surface area contributed by atoms with Gasteiger partial charge in [0.1, 0.15) is 11.1 Å². The van der Waals surface area contributed by atoms with E-state index in [1.165, 1.54) is 14.2 Å². The normalized spacial score (nSPS) is 21.2. The molecule has 0 radical (unpaired) electrons. The van der Waals surface area contributed by atoms with E-state index in [4.69, 9.17) is 14.2 Å². The molecule has 27 heavy (non-hydrogen) atoms. The molecule has 0 spiro atoms. The summed E-state index contributed by atoms with van der Waals surface area (Å²) in [7, 11) is 2.50. The van der Waals surface area contributed by atoms with Crippen molar-refractivity contribution < 1.29 is 23.8 Å². The Kier molecular flexibility index (Phi) is 6.52. The molecule has 0 aromatic heterocycles. The number of benzene rings is 1. The summed E-state index contributed by atoms with van der Waals surface area (Å²) in [5.74, 6) is -1.34. The molecule has 1 aromatic carbocycles. The molecule has 0 saturated carbocycles. The number of hydrogen-bond acceptors (Lipinski definition) is 6. The Hall–Kier alpha value is -1.67. The number of carbonyl (C=O) groups is 2. The fourth-order valence-corrected chi connectivity index (χ4v) is 3.70. The van der Waals surface area contributed by atoms with Crippen molar-refractivity contribution in [2.45, 2.75) is 31.9 Å². The molecule has 1 aliphatic rings. The van der Waals surface area contributed by atoms with E-state index < -0.39 is 23.1 Å². The molecule has 1 aliphatic heterocycles. The third-order valence-corrected chi connectivity index (χ3v) is 5.17. The predicted octanol–water partition coefficient (Wildman–Crippen LogP) is 3.91. The summed E-state index contributed by atoms with van der Waals surface area (Å²) in [5, 5.41) is 0.204. The Morgan fingerprint density at radius 3 is 2.11 bits per heavy atom. The smallest absolute Gasteiger partial charge is 0.344 e. The number of ether oxygens (including phenoxy) is 3. The molecule has 0 amide bonds. The molecule has 0 aliphatic carbocycles. The molecule has 0 fully saturated rings. The third kappa shape index (κ3) is 4.27. The number of hydrogen-bond donors (Lipinski definition) is 0. The van der Waals surface area contributed by atoms with E-state index in [1.807, 2.05) is 45.0 Å². The van der Waals surface area contributed by atoms with Crippen LogP contribution < -0.4 is 0 Å². The van der Waals surface area contributed by atoms with Crippen LogP contribution in [0.3, 0.4) is 0 Å². The Bertz CT molecular complexity index is 808. The monoisotopic (exact) mass is 501 g/mol. The van der Waals surface area contributed by atoms with E-state index in [2.05, 4.69) is 36.9 Å². The van der Waals surface area contributed by atoms with Gasteiger partial charge in [0.25, 0.3) is 0 Å². The maximum absolute atomic E-state index is 12.7. The second-order valence-electron chi connectivity index (χ2n) is 6.89. The fourth-order valence-electron chi connectivity index (χ4n) is 2.71. The highest BCUT2D eigenvalue weighted by atomic mass is 79.9. The Morgan fingerprint density at radius 2 is 1.67 bits per heavy atom. The molecule has 1 heterocycles. The zero-order valence-electron chi connectivity index (χ0n) is 15.8. The van der Waals surface area contributed by atoms with Crippen LogP contribution in [0.2, 0.25) is 0 Å². The topological polar surface area (TPSA) is 74.2 Å². The van der Waals surface area contributed by atoms with Gasteiger partial charge in [-0.3, -0.25) is 0 Å². The average molecular weight is 503 g/mol. The molecule has 0 N–H and O–H groups in total. The van der Waals surface area contributed by atoms with Crippen LogP contribution in [0.5, 0.6) is 0 Å². The lowest BCUT2D eigenvalue weighted by Gasteiger charge is -2.29. The van der Waals surface area contributed by atoms with Crippen molar-refractivity contribution in [3.63, 3.8) is 0 Å². The van der Waals surface area contributed by atoms with Crippen molar-refractivity contribution >= 4 is 49.7 Å². The first kappa shape index (κ1) is 21.6. The number of nitrogens with zero attached hydrogens (tertiary/aromatic N) is 1. The maximum Gasteiger partial charge on any atom is 0.344 e. The van der Waals surface area contributed by atoms with Gasteiger partial charge in [-0.15, -0.1) is 0 Å².